The molecule has 2 N–H and O–H groups in total. The molecule has 1 aromatic carbocycles. The number of piperidine rings is 1. The third-order valence-corrected chi connectivity index (χ3v) is 7.71. The molecule has 3 heterocycles. The van der Waals surface area contributed by atoms with E-state index in [0.29, 0.717) is 54.2 Å². The molecule has 190 valence electrons. The molecule has 1 aliphatic heterocycles. The average molecular weight is 503 g/mol. The highest BCUT2D eigenvalue weighted by Crippen LogP contribution is 2.34. The van der Waals surface area contributed by atoms with E-state index in [1.807, 2.05) is 27.7 Å². The molecule has 35 heavy (non-hydrogen) atoms. The van der Waals surface area contributed by atoms with Crippen molar-refractivity contribution >= 4 is 21.1 Å². The summed E-state index contributed by atoms with van der Waals surface area (Å²) in [5.74, 6) is 0.762. The Balaban J connectivity index is 1.89. The number of aromatic amines is 1. The molecule has 0 spiro atoms. The van der Waals surface area contributed by atoms with E-state index in [1.54, 1.807) is 22.7 Å². The minimum atomic E-state index is -3.84. The number of hydrogen-bond acceptors (Lipinski definition) is 7. The Bertz CT molecular complexity index is 1390. The number of H-pyrrole nitrogens is 1. The van der Waals surface area contributed by atoms with Crippen LogP contribution in [0.5, 0.6) is 5.75 Å². The van der Waals surface area contributed by atoms with Gasteiger partial charge in [0.1, 0.15) is 17.1 Å². The molecule has 4 rings (SSSR count). The number of sulfonamides is 1. The van der Waals surface area contributed by atoms with E-state index in [4.69, 9.17) is 9.72 Å². The molecule has 0 atom stereocenters. The predicted octanol–water partition coefficient (Wildman–Crippen LogP) is 3.32. The van der Waals surface area contributed by atoms with E-state index in [1.165, 1.54) is 6.07 Å². The summed E-state index contributed by atoms with van der Waals surface area (Å²) in [5.41, 5.74) is 2.27. The first kappa shape index (κ1) is 25.3. The van der Waals surface area contributed by atoms with Crippen molar-refractivity contribution < 1.29 is 13.2 Å². The summed E-state index contributed by atoms with van der Waals surface area (Å²) in [6.07, 6.45) is 2.99. The first-order chi connectivity index (χ1) is 16.7. The van der Waals surface area contributed by atoms with Crippen molar-refractivity contribution in [1.29, 1.82) is 0 Å². The lowest BCUT2D eigenvalue weighted by Crippen LogP contribution is -2.45. The van der Waals surface area contributed by atoms with Gasteiger partial charge in [-0.1, -0.05) is 20.3 Å². The minimum absolute atomic E-state index is 0.0570. The van der Waals surface area contributed by atoms with E-state index >= 15 is 0 Å². The van der Waals surface area contributed by atoms with Crippen LogP contribution < -0.4 is 15.1 Å². The van der Waals surface area contributed by atoms with E-state index in [9.17, 15) is 13.2 Å². The Morgan fingerprint density at radius 1 is 1.17 bits per heavy atom. The largest absolute Gasteiger partial charge is 0.493 e. The molecule has 0 amide bonds. The maximum absolute atomic E-state index is 13.3. The molecular formula is C24H34N6O4S. The van der Waals surface area contributed by atoms with E-state index < -0.39 is 10.0 Å². The number of aryl methyl sites for hydroxylation is 2. The standard InChI is InChI=1S/C24H34N6O4S/c1-6-30-22-21(20(27-30)15(3)4)25-23(26-24(22)31)17-14-19(16(5)13-18(17)34-7-2)35(32,33)28-29-11-9-8-10-12-29/h13-15,28H,6-12H2,1-5H3,(H,25,26,31). The Morgan fingerprint density at radius 2 is 1.89 bits per heavy atom. The smallest absolute Gasteiger partial charge is 0.277 e. The van der Waals surface area contributed by atoms with E-state index in [-0.39, 0.29) is 22.2 Å². The van der Waals surface area contributed by atoms with E-state index in [2.05, 4.69) is 14.9 Å². The Hall–Kier alpha value is -2.76. The van der Waals surface area contributed by atoms with Crippen LogP contribution >= 0.6 is 0 Å². The summed E-state index contributed by atoms with van der Waals surface area (Å²) in [4.78, 5) is 23.6. The lowest BCUT2D eigenvalue weighted by molar-refractivity contribution is 0.200. The molecule has 3 aromatic rings. The van der Waals surface area contributed by atoms with Crippen molar-refractivity contribution in [2.75, 3.05) is 19.7 Å². The molecule has 11 heteroatoms. The molecule has 10 nitrogen and oxygen atoms in total. The maximum Gasteiger partial charge on any atom is 0.277 e. The van der Waals surface area contributed by atoms with Crippen LogP contribution in [-0.4, -0.2) is 52.9 Å². The van der Waals surface area contributed by atoms with Gasteiger partial charge in [-0.2, -0.15) is 5.10 Å². The molecule has 0 radical (unpaired) electrons. The van der Waals surface area contributed by atoms with Crippen LogP contribution in [-0.2, 0) is 16.6 Å². The molecular weight excluding hydrogens is 468 g/mol. The van der Waals surface area contributed by atoms with Gasteiger partial charge in [0.2, 0.25) is 0 Å². The van der Waals surface area contributed by atoms with Gasteiger partial charge in [0.25, 0.3) is 15.6 Å². The van der Waals surface area contributed by atoms with Crippen molar-refractivity contribution in [1.82, 2.24) is 29.6 Å². The fourth-order valence-corrected chi connectivity index (χ4v) is 5.85. The SMILES string of the molecule is CCOc1cc(C)c(S(=O)(=O)NN2CCCCC2)cc1-c1nc2c(C(C)C)nn(CC)c2c(=O)[nH]1. The molecule has 1 saturated heterocycles. The van der Waals surface area contributed by atoms with Gasteiger partial charge in [0, 0.05) is 19.6 Å². The van der Waals surface area contributed by atoms with Gasteiger partial charge in [0.05, 0.1) is 22.8 Å². The van der Waals surface area contributed by atoms with Crippen molar-refractivity contribution in [2.24, 2.45) is 0 Å². The highest BCUT2D eigenvalue weighted by atomic mass is 32.2. The van der Waals surface area contributed by atoms with Gasteiger partial charge in [-0.3, -0.25) is 9.48 Å². The molecule has 1 aliphatic rings. The third kappa shape index (κ3) is 4.98. The number of nitrogens with one attached hydrogen (secondary N) is 2. The number of hydrazine groups is 1. The highest BCUT2D eigenvalue weighted by Gasteiger charge is 2.26. The summed E-state index contributed by atoms with van der Waals surface area (Å²) in [6.45, 7) is 11.8. The number of aromatic nitrogens is 4. The van der Waals surface area contributed by atoms with Crippen LogP contribution in [0.2, 0.25) is 0 Å². The molecule has 0 unspecified atom stereocenters. The van der Waals surface area contributed by atoms with Crippen LogP contribution in [0.1, 0.15) is 64.1 Å². The average Bonchev–Trinajstić information content (AvgIpc) is 3.19. The third-order valence-electron chi connectivity index (χ3n) is 6.20. The van der Waals surface area contributed by atoms with Crippen molar-refractivity contribution in [3.05, 3.63) is 33.7 Å². The lowest BCUT2D eigenvalue weighted by Gasteiger charge is -2.27. The van der Waals surface area contributed by atoms with Gasteiger partial charge in [-0.25, -0.2) is 18.4 Å². The van der Waals surface area contributed by atoms with Gasteiger partial charge in [-0.15, -0.1) is 4.83 Å². The Labute approximate surface area is 205 Å². The number of benzene rings is 1. The predicted molar refractivity (Wildman–Crippen MR) is 135 cm³/mol. The quantitative estimate of drug-likeness (QED) is 0.484. The summed E-state index contributed by atoms with van der Waals surface area (Å²) in [5, 5.41) is 6.33. The van der Waals surface area contributed by atoms with E-state index in [0.717, 1.165) is 25.0 Å². The van der Waals surface area contributed by atoms with Crippen molar-refractivity contribution in [2.45, 2.75) is 71.2 Å². The molecule has 2 aromatic heterocycles. The van der Waals surface area contributed by atoms with Gasteiger partial charge in [-0.05, 0) is 57.2 Å². The number of hydrogen-bond donors (Lipinski definition) is 2. The molecule has 0 aliphatic carbocycles. The minimum Gasteiger partial charge on any atom is -0.493 e. The fraction of sp³-hybridized carbons (Fsp3) is 0.542. The Morgan fingerprint density at radius 3 is 2.51 bits per heavy atom. The second-order valence-corrected chi connectivity index (χ2v) is 10.8. The summed E-state index contributed by atoms with van der Waals surface area (Å²) >= 11 is 0. The van der Waals surface area contributed by atoms with Crippen LogP contribution in [0.4, 0.5) is 0 Å². The first-order valence-corrected chi connectivity index (χ1v) is 13.7. The lowest BCUT2D eigenvalue weighted by atomic mass is 10.1. The normalized spacial score (nSPS) is 15.3. The Kier molecular flexibility index (Phi) is 7.30. The zero-order valence-corrected chi connectivity index (χ0v) is 21.8. The highest BCUT2D eigenvalue weighted by molar-refractivity contribution is 7.89. The number of fused-ring (bicyclic) bond motifs is 1. The zero-order chi connectivity index (χ0) is 25.3. The summed E-state index contributed by atoms with van der Waals surface area (Å²) in [7, 11) is -3.84. The second-order valence-electron chi connectivity index (χ2n) is 9.16. The van der Waals surface area contributed by atoms with Gasteiger partial charge >= 0.3 is 0 Å². The first-order valence-electron chi connectivity index (χ1n) is 12.2. The van der Waals surface area contributed by atoms with Crippen LogP contribution in [0.3, 0.4) is 0 Å². The van der Waals surface area contributed by atoms with Crippen LogP contribution in [0.25, 0.3) is 22.4 Å². The van der Waals surface area contributed by atoms with Crippen LogP contribution in [0.15, 0.2) is 21.8 Å². The zero-order valence-electron chi connectivity index (χ0n) is 21.0. The van der Waals surface area contributed by atoms with Gasteiger partial charge in [0.15, 0.2) is 5.52 Å². The second kappa shape index (κ2) is 10.1. The molecule has 1 fully saturated rings. The molecule has 0 saturated carbocycles. The monoisotopic (exact) mass is 502 g/mol. The van der Waals surface area contributed by atoms with Crippen molar-refractivity contribution in [3.63, 3.8) is 0 Å². The maximum atomic E-state index is 13.3. The number of ether oxygens (including phenoxy) is 1. The van der Waals surface area contributed by atoms with Crippen LogP contribution in [0, 0.1) is 6.92 Å². The molecule has 0 bridgehead atoms. The number of nitrogens with zero attached hydrogens (tertiary/aromatic N) is 4. The summed E-state index contributed by atoms with van der Waals surface area (Å²) < 4.78 is 34.2. The van der Waals surface area contributed by atoms with Gasteiger partial charge < -0.3 is 9.72 Å². The fourth-order valence-electron chi connectivity index (χ4n) is 4.47. The van der Waals surface area contributed by atoms with Crippen molar-refractivity contribution in [3.8, 4) is 17.1 Å². The summed E-state index contributed by atoms with van der Waals surface area (Å²) in [6, 6.07) is 3.22. The number of rotatable bonds is 8. The topological polar surface area (TPSA) is 122 Å².